The van der Waals surface area contributed by atoms with Crippen molar-refractivity contribution in [1.82, 2.24) is 9.88 Å². The topological polar surface area (TPSA) is 39.3 Å². The Bertz CT molecular complexity index is 976. The number of fused-ring (bicyclic) bond motifs is 1. The fourth-order valence-corrected chi connectivity index (χ4v) is 3.62. The van der Waals surface area contributed by atoms with E-state index in [-0.39, 0.29) is 18.0 Å². The second-order valence-corrected chi connectivity index (χ2v) is 7.02. The zero-order chi connectivity index (χ0) is 18.5. The van der Waals surface area contributed by atoms with Crippen LogP contribution in [-0.2, 0) is 0 Å². The van der Waals surface area contributed by atoms with Gasteiger partial charge in [-0.25, -0.2) is 0 Å². The summed E-state index contributed by atoms with van der Waals surface area (Å²) in [6, 6.07) is 20.2. The number of aromatic amines is 1. The lowest BCUT2D eigenvalue weighted by Gasteiger charge is -2.36. The molecule has 1 N–H and O–H groups in total. The molecule has 1 aromatic heterocycles. The van der Waals surface area contributed by atoms with Crippen LogP contribution in [0, 0.1) is 0 Å². The molecule has 4 rings (SSSR count). The third kappa shape index (κ3) is 5.03. The van der Waals surface area contributed by atoms with Gasteiger partial charge in [0.25, 0.3) is 0 Å². The largest absolute Gasteiger partial charge is 0.369 e. The summed E-state index contributed by atoms with van der Waals surface area (Å²) in [6.45, 7) is 5.52. The highest BCUT2D eigenvalue weighted by atomic mass is 35.5. The molecule has 0 saturated carbocycles. The van der Waals surface area contributed by atoms with Crippen molar-refractivity contribution < 1.29 is 0 Å². The number of aromatic nitrogens is 1. The number of hydrogen-bond acceptors (Lipinski definition) is 3. The van der Waals surface area contributed by atoms with Crippen molar-refractivity contribution >= 4 is 35.1 Å². The molecule has 0 bridgehead atoms. The van der Waals surface area contributed by atoms with E-state index in [0.717, 1.165) is 50.0 Å². The molecule has 1 aliphatic rings. The summed E-state index contributed by atoms with van der Waals surface area (Å²) in [7, 11) is 0. The minimum Gasteiger partial charge on any atom is -0.369 e. The molecule has 5 heteroatoms. The van der Waals surface area contributed by atoms with Crippen molar-refractivity contribution in [3.63, 3.8) is 0 Å². The number of piperazine rings is 1. The Morgan fingerprint density at radius 2 is 1.71 bits per heavy atom. The van der Waals surface area contributed by atoms with Crippen LogP contribution in [0.15, 0.2) is 71.5 Å². The van der Waals surface area contributed by atoms with Gasteiger partial charge in [-0.05, 0) is 47.7 Å². The Morgan fingerprint density at radius 1 is 0.929 bits per heavy atom. The van der Waals surface area contributed by atoms with Gasteiger partial charge in [-0.3, -0.25) is 9.69 Å². The highest BCUT2D eigenvalue weighted by Gasteiger charge is 2.15. The van der Waals surface area contributed by atoms with Crippen LogP contribution in [0.4, 0.5) is 5.69 Å². The van der Waals surface area contributed by atoms with E-state index in [1.807, 2.05) is 18.2 Å². The van der Waals surface area contributed by atoms with Crippen LogP contribution in [0.25, 0.3) is 17.0 Å². The molecule has 1 aliphatic heterocycles. The summed E-state index contributed by atoms with van der Waals surface area (Å²) in [6.07, 6.45) is 5.47. The van der Waals surface area contributed by atoms with Gasteiger partial charge in [0.05, 0.1) is 0 Å². The molecule has 28 heavy (non-hydrogen) atoms. The number of anilines is 1. The van der Waals surface area contributed by atoms with Crippen molar-refractivity contribution in [2.45, 2.75) is 6.42 Å². The lowest BCUT2D eigenvalue weighted by Crippen LogP contribution is -2.46. The van der Waals surface area contributed by atoms with E-state index in [0.29, 0.717) is 0 Å². The minimum atomic E-state index is -0.0573. The molecule has 1 saturated heterocycles. The first-order chi connectivity index (χ1) is 13.3. The summed E-state index contributed by atoms with van der Waals surface area (Å²) >= 11 is 0. The SMILES string of the molecule is Cl.O=c1ccc2cc(/C=C/CCN3CCN(c4ccccc4)CC3)ccc2[nH]1. The van der Waals surface area contributed by atoms with Gasteiger partial charge in [-0.15, -0.1) is 12.4 Å². The molecule has 0 aliphatic carbocycles. The van der Waals surface area contributed by atoms with Crippen molar-refractivity contribution in [3.05, 3.63) is 82.7 Å². The third-order valence-corrected chi connectivity index (χ3v) is 5.16. The summed E-state index contributed by atoms with van der Waals surface area (Å²) in [4.78, 5) is 19.2. The van der Waals surface area contributed by atoms with Crippen LogP contribution < -0.4 is 10.5 Å². The van der Waals surface area contributed by atoms with Gasteiger partial charge in [0.2, 0.25) is 5.56 Å². The van der Waals surface area contributed by atoms with E-state index in [2.05, 4.69) is 63.3 Å². The second-order valence-electron chi connectivity index (χ2n) is 7.02. The zero-order valence-corrected chi connectivity index (χ0v) is 16.7. The number of para-hydroxylation sites is 1. The van der Waals surface area contributed by atoms with E-state index in [9.17, 15) is 4.79 Å². The average molecular weight is 396 g/mol. The second kappa shape index (κ2) is 9.58. The molecular weight excluding hydrogens is 370 g/mol. The zero-order valence-electron chi connectivity index (χ0n) is 15.9. The Labute approximate surface area is 171 Å². The number of rotatable bonds is 5. The molecule has 2 heterocycles. The van der Waals surface area contributed by atoms with Crippen LogP contribution in [0.5, 0.6) is 0 Å². The smallest absolute Gasteiger partial charge is 0.248 e. The van der Waals surface area contributed by atoms with E-state index in [1.165, 1.54) is 11.3 Å². The number of H-pyrrole nitrogens is 1. The Kier molecular flexibility index (Phi) is 6.90. The third-order valence-electron chi connectivity index (χ3n) is 5.16. The Balaban J connectivity index is 0.00000225. The van der Waals surface area contributed by atoms with E-state index < -0.39 is 0 Å². The maximum Gasteiger partial charge on any atom is 0.248 e. The van der Waals surface area contributed by atoms with E-state index in [4.69, 9.17) is 0 Å². The minimum absolute atomic E-state index is 0. The standard InChI is InChI=1S/C23H25N3O.ClH/c27-23-12-10-20-18-19(9-11-22(20)24-23)6-4-5-13-25-14-16-26(17-15-25)21-7-2-1-3-8-21;/h1-4,6-12,18H,5,13-17H2,(H,24,27);1H/b6-4+;. The van der Waals surface area contributed by atoms with Crippen LogP contribution >= 0.6 is 12.4 Å². The monoisotopic (exact) mass is 395 g/mol. The number of nitrogens with one attached hydrogen (secondary N) is 1. The van der Waals surface area contributed by atoms with Gasteiger partial charge in [-0.2, -0.15) is 0 Å². The highest BCUT2D eigenvalue weighted by molar-refractivity contribution is 5.85. The summed E-state index contributed by atoms with van der Waals surface area (Å²) < 4.78 is 0. The molecule has 0 unspecified atom stereocenters. The Hall–Kier alpha value is -2.56. The maximum absolute atomic E-state index is 11.4. The first-order valence-electron chi connectivity index (χ1n) is 9.60. The lowest BCUT2D eigenvalue weighted by molar-refractivity contribution is 0.263. The van der Waals surface area contributed by atoms with Crippen molar-refractivity contribution in [3.8, 4) is 0 Å². The molecule has 1 fully saturated rings. The van der Waals surface area contributed by atoms with Crippen molar-refractivity contribution in [1.29, 1.82) is 0 Å². The molecular formula is C23H26ClN3O. The lowest BCUT2D eigenvalue weighted by atomic mass is 10.1. The van der Waals surface area contributed by atoms with Gasteiger partial charge in [0.1, 0.15) is 0 Å². The predicted octanol–water partition coefficient (Wildman–Crippen LogP) is 4.18. The first-order valence-corrected chi connectivity index (χ1v) is 9.60. The summed E-state index contributed by atoms with van der Waals surface area (Å²) in [5, 5.41) is 1.06. The molecule has 146 valence electrons. The van der Waals surface area contributed by atoms with E-state index in [1.54, 1.807) is 6.07 Å². The fourth-order valence-electron chi connectivity index (χ4n) is 3.62. The van der Waals surface area contributed by atoms with Crippen LogP contribution in [-0.4, -0.2) is 42.6 Å². The normalized spacial score (nSPS) is 15.1. The molecule has 4 nitrogen and oxygen atoms in total. The summed E-state index contributed by atoms with van der Waals surface area (Å²) in [5.74, 6) is 0. The van der Waals surface area contributed by atoms with Gasteiger partial charge < -0.3 is 9.88 Å². The number of halogens is 1. The molecule has 0 radical (unpaired) electrons. The fraction of sp³-hybridized carbons (Fsp3) is 0.261. The van der Waals surface area contributed by atoms with Gasteiger partial charge in [0, 0.05) is 50.0 Å². The molecule has 0 spiro atoms. The van der Waals surface area contributed by atoms with Crippen LogP contribution in [0.3, 0.4) is 0 Å². The highest BCUT2D eigenvalue weighted by Crippen LogP contribution is 2.16. The van der Waals surface area contributed by atoms with Crippen LogP contribution in [0.1, 0.15) is 12.0 Å². The van der Waals surface area contributed by atoms with Crippen LogP contribution in [0.2, 0.25) is 0 Å². The molecule has 0 atom stereocenters. The van der Waals surface area contributed by atoms with Gasteiger partial charge in [-0.1, -0.05) is 36.4 Å². The van der Waals surface area contributed by atoms with E-state index >= 15 is 0 Å². The maximum atomic E-state index is 11.4. The van der Waals surface area contributed by atoms with Crippen molar-refractivity contribution in [2.24, 2.45) is 0 Å². The summed E-state index contributed by atoms with van der Waals surface area (Å²) in [5.41, 5.74) is 3.33. The number of hydrogen-bond donors (Lipinski definition) is 1. The number of nitrogens with zero attached hydrogens (tertiary/aromatic N) is 2. The van der Waals surface area contributed by atoms with Gasteiger partial charge >= 0.3 is 0 Å². The molecule has 0 amide bonds. The van der Waals surface area contributed by atoms with Gasteiger partial charge in [0.15, 0.2) is 0 Å². The number of pyridine rings is 1. The molecule has 2 aromatic carbocycles. The van der Waals surface area contributed by atoms with Crippen molar-refractivity contribution in [2.75, 3.05) is 37.6 Å². The average Bonchev–Trinajstić information content (AvgIpc) is 2.72. The predicted molar refractivity (Wildman–Crippen MR) is 121 cm³/mol. The first kappa shape index (κ1) is 20.2. The Morgan fingerprint density at radius 3 is 2.50 bits per heavy atom. The molecule has 3 aromatic rings. The quantitative estimate of drug-likeness (QED) is 0.704. The number of benzene rings is 2.